The average molecular weight is 489 g/mol. The van der Waals surface area contributed by atoms with Crippen molar-refractivity contribution >= 4 is 22.6 Å². The summed E-state index contributed by atoms with van der Waals surface area (Å²) in [7, 11) is 0. The molecule has 6 rings (SSSR count). The lowest BCUT2D eigenvalue weighted by Crippen LogP contribution is -2.61. The second-order valence-corrected chi connectivity index (χ2v) is 11.5. The highest BCUT2D eigenvalue weighted by molar-refractivity contribution is 6.01. The molecule has 0 saturated heterocycles. The monoisotopic (exact) mass is 488 g/mol. The van der Waals surface area contributed by atoms with Crippen LogP contribution in [0.15, 0.2) is 54.3 Å². The first-order valence-corrected chi connectivity index (χ1v) is 12.9. The van der Waals surface area contributed by atoms with Crippen molar-refractivity contribution in [2.75, 3.05) is 6.61 Å². The Bertz CT molecular complexity index is 1320. The standard InChI is InChI=1S/C29H32N2O5/c1-27-11-9-18(32)13-17(27)7-8-19-20-10-12-29(35,28(20,2)14-23(33)26(19)27)24(34)16-36-25-15-30-21-5-3-4-6-22(21)31-25/h3-6,9,11,13,15,19-20,23,26,33,35H,7-8,10,12,14,16H2,1-2H3/t19?,20?,23-,26?,27?,28?,29-/m0/s1. The van der Waals surface area contributed by atoms with Crippen molar-refractivity contribution in [2.24, 2.45) is 28.6 Å². The van der Waals surface area contributed by atoms with Crippen LogP contribution in [0, 0.1) is 28.6 Å². The zero-order valence-electron chi connectivity index (χ0n) is 20.7. The minimum atomic E-state index is -1.58. The van der Waals surface area contributed by atoms with E-state index in [-0.39, 0.29) is 47.2 Å². The van der Waals surface area contributed by atoms with Gasteiger partial charge in [-0.1, -0.05) is 37.6 Å². The number of carbonyl (C=O) groups is 2. The van der Waals surface area contributed by atoms with Crippen LogP contribution in [0.3, 0.4) is 0 Å². The highest BCUT2D eigenvalue weighted by atomic mass is 16.5. The summed E-state index contributed by atoms with van der Waals surface area (Å²) < 4.78 is 5.71. The summed E-state index contributed by atoms with van der Waals surface area (Å²) >= 11 is 0. The topological polar surface area (TPSA) is 110 Å². The van der Waals surface area contributed by atoms with Gasteiger partial charge < -0.3 is 14.9 Å². The van der Waals surface area contributed by atoms with Crippen molar-refractivity contribution in [1.29, 1.82) is 0 Å². The minimum Gasteiger partial charge on any atom is -0.468 e. The maximum Gasteiger partial charge on any atom is 0.233 e. The van der Waals surface area contributed by atoms with Gasteiger partial charge >= 0.3 is 0 Å². The van der Waals surface area contributed by atoms with E-state index < -0.39 is 17.1 Å². The lowest BCUT2D eigenvalue weighted by molar-refractivity contribution is -0.178. The van der Waals surface area contributed by atoms with Crippen LogP contribution in [0.5, 0.6) is 5.88 Å². The number of ketones is 2. The zero-order valence-corrected chi connectivity index (χ0v) is 20.7. The Morgan fingerprint density at radius 2 is 1.97 bits per heavy atom. The Morgan fingerprint density at radius 1 is 1.19 bits per heavy atom. The molecule has 7 atom stereocenters. The molecule has 1 aromatic heterocycles. The number of nitrogens with zero attached hydrogens (tertiary/aromatic N) is 2. The van der Waals surface area contributed by atoms with E-state index in [1.807, 2.05) is 37.3 Å². The number of rotatable bonds is 4. The van der Waals surface area contributed by atoms with Crippen molar-refractivity contribution in [3.8, 4) is 5.88 Å². The molecule has 0 amide bonds. The van der Waals surface area contributed by atoms with Crippen molar-refractivity contribution in [3.05, 3.63) is 54.3 Å². The molecule has 2 N–H and O–H groups in total. The molecule has 7 nitrogen and oxygen atoms in total. The van der Waals surface area contributed by atoms with E-state index in [9.17, 15) is 19.8 Å². The van der Waals surface area contributed by atoms with Crippen LogP contribution in [0.2, 0.25) is 0 Å². The molecule has 4 aliphatic rings. The van der Waals surface area contributed by atoms with Crippen molar-refractivity contribution in [1.82, 2.24) is 9.97 Å². The van der Waals surface area contributed by atoms with Gasteiger partial charge in [0, 0.05) is 16.7 Å². The van der Waals surface area contributed by atoms with E-state index in [4.69, 9.17) is 4.74 Å². The number of benzene rings is 1. The first-order chi connectivity index (χ1) is 17.2. The molecular weight excluding hydrogens is 456 g/mol. The molecule has 3 saturated carbocycles. The molecule has 36 heavy (non-hydrogen) atoms. The van der Waals surface area contributed by atoms with Crippen LogP contribution in [0.4, 0.5) is 0 Å². The molecule has 188 valence electrons. The largest absolute Gasteiger partial charge is 0.468 e. The van der Waals surface area contributed by atoms with E-state index in [1.54, 1.807) is 12.2 Å². The number of carbonyl (C=O) groups excluding carboxylic acids is 2. The van der Waals surface area contributed by atoms with Gasteiger partial charge in [-0.15, -0.1) is 0 Å². The highest BCUT2D eigenvalue weighted by Crippen LogP contribution is 2.67. The fourth-order valence-electron chi connectivity index (χ4n) is 8.06. The summed E-state index contributed by atoms with van der Waals surface area (Å²) in [6.45, 7) is 3.78. The Balaban J connectivity index is 1.24. The number of aliphatic hydroxyl groups is 2. The number of allylic oxidation sites excluding steroid dienone is 4. The van der Waals surface area contributed by atoms with Gasteiger partial charge in [0.05, 0.1) is 23.3 Å². The SMILES string of the molecule is CC12C=CC(=O)C=C1CCC1C2[C@@H](O)CC2(C)C1CC[C@]2(O)C(=O)COc1cnc2ccccc2n1. The second kappa shape index (κ2) is 8.05. The van der Waals surface area contributed by atoms with Crippen LogP contribution in [-0.4, -0.2) is 50.1 Å². The summed E-state index contributed by atoms with van der Waals surface area (Å²) in [6.07, 6.45) is 9.17. The average Bonchev–Trinajstić information content (AvgIpc) is 3.13. The van der Waals surface area contributed by atoms with Gasteiger partial charge in [-0.25, -0.2) is 9.97 Å². The van der Waals surface area contributed by atoms with E-state index >= 15 is 0 Å². The molecule has 1 aromatic carbocycles. The normalized spacial score (nSPS) is 39.2. The molecule has 0 bridgehead atoms. The van der Waals surface area contributed by atoms with Gasteiger partial charge in [0.1, 0.15) is 5.60 Å². The summed E-state index contributed by atoms with van der Waals surface area (Å²) in [5, 5.41) is 23.3. The van der Waals surface area contributed by atoms with E-state index in [0.29, 0.717) is 18.4 Å². The summed E-state index contributed by atoms with van der Waals surface area (Å²) in [5.74, 6) is 0.0955. The number of para-hydroxylation sites is 2. The third-order valence-corrected chi connectivity index (χ3v) is 9.89. The van der Waals surface area contributed by atoms with Crippen LogP contribution in [0.25, 0.3) is 11.0 Å². The van der Waals surface area contributed by atoms with E-state index in [1.165, 1.54) is 6.20 Å². The maximum absolute atomic E-state index is 13.5. The number of hydrogen-bond donors (Lipinski definition) is 2. The van der Waals surface area contributed by atoms with Crippen molar-refractivity contribution in [2.45, 2.75) is 57.7 Å². The molecule has 7 heteroatoms. The Kier molecular flexibility index (Phi) is 5.25. The number of aliphatic hydroxyl groups excluding tert-OH is 1. The predicted molar refractivity (Wildman–Crippen MR) is 133 cm³/mol. The summed E-state index contributed by atoms with van der Waals surface area (Å²) in [5.41, 5.74) is -0.206. The second-order valence-electron chi connectivity index (χ2n) is 11.5. The summed E-state index contributed by atoms with van der Waals surface area (Å²) in [6, 6.07) is 7.42. The molecule has 0 radical (unpaired) electrons. The maximum atomic E-state index is 13.5. The van der Waals surface area contributed by atoms with Gasteiger partial charge in [-0.3, -0.25) is 9.59 Å². The molecule has 4 aliphatic carbocycles. The Labute approximate surface area is 210 Å². The quantitative estimate of drug-likeness (QED) is 0.677. The van der Waals surface area contributed by atoms with Crippen LogP contribution >= 0.6 is 0 Å². The Hall–Kier alpha value is -2.90. The number of Topliss-reactive ketones (excluding diaryl/α,β-unsaturated/α-hetero) is 1. The first kappa shape index (κ1) is 23.5. The van der Waals surface area contributed by atoms with Gasteiger partial charge in [0.2, 0.25) is 11.7 Å². The number of aromatic nitrogens is 2. The Morgan fingerprint density at radius 3 is 2.78 bits per heavy atom. The molecular formula is C29H32N2O5. The first-order valence-electron chi connectivity index (χ1n) is 12.9. The summed E-state index contributed by atoms with van der Waals surface area (Å²) in [4.78, 5) is 34.2. The van der Waals surface area contributed by atoms with Crippen LogP contribution in [-0.2, 0) is 9.59 Å². The predicted octanol–water partition coefficient (Wildman–Crippen LogP) is 3.59. The third kappa shape index (κ3) is 3.25. The van der Waals surface area contributed by atoms with E-state index in [2.05, 4.69) is 16.9 Å². The smallest absolute Gasteiger partial charge is 0.233 e. The third-order valence-electron chi connectivity index (χ3n) is 9.89. The van der Waals surface area contributed by atoms with Crippen LogP contribution in [0.1, 0.15) is 46.0 Å². The number of ether oxygens (including phenoxy) is 1. The fraction of sp³-hybridized carbons (Fsp3) is 0.517. The van der Waals surface area contributed by atoms with Crippen molar-refractivity contribution < 1.29 is 24.5 Å². The zero-order chi connectivity index (χ0) is 25.3. The molecule has 2 aromatic rings. The molecule has 0 spiro atoms. The van der Waals surface area contributed by atoms with Gasteiger partial charge in [0.25, 0.3) is 0 Å². The lowest BCUT2D eigenvalue weighted by Gasteiger charge is -2.59. The molecule has 1 heterocycles. The highest BCUT2D eigenvalue weighted by Gasteiger charge is 2.68. The number of fused-ring (bicyclic) bond motifs is 6. The molecule has 5 unspecified atom stereocenters. The number of hydrogen-bond acceptors (Lipinski definition) is 7. The van der Waals surface area contributed by atoms with Crippen LogP contribution < -0.4 is 4.74 Å². The van der Waals surface area contributed by atoms with Gasteiger partial charge in [-0.2, -0.15) is 0 Å². The lowest BCUT2D eigenvalue weighted by atomic mass is 9.46. The molecule has 0 aliphatic heterocycles. The van der Waals surface area contributed by atoms with Gasteiger partial charge in [-0.05, 0) is 68.2 Å². The van der Waals surface area contributed by atoms with Gasteiger partial charge in [0.15, 0.2) is 12.4 Å². The van der Waals surface area contributed by atoms with Crippen molar-refractivity contribution in [3.63, 3.8) is 0 Å². The minimum absolute atomic E-state index is 0.00741. The fourth-order valence-corrected chi connectivity index (χ4v) is 8.06. The van der Waals surface area contributed by atoms with E-state index in [0.717, 1.165) is 30.4 Å². The molecule has 3 fully saturated rings.